The van der Waals surface area contributed by atoms with Gasteiger partial charge in [-0.25, -0.2) is 4.99 Å². The zero-order valence-corrected chi connectivity index (χ0v) is 17.0. The first-order valence-corrected chi connectivity index (χ1v) is 9.57. The van der Waals surface area contributed by atoms with E-state index in [0.717, 1.165) is 43.5 Å². The molecule has 0 aliphatic carbocycles. The molecule has 7 nitrogen and oxygen atoms in total. The Bertz CT molecular complexity index is 559. The Morgan fingerprint density at radius 3 is 2.37 bits per heavy atom. The van der Waals surface area contributed by atoms with Gasteiger partial charge in [0.1, 0.15) is 5.75 Å². The molecule has 7 heteroatoms. The second-order valence-corrected chi connectivity index (χ2v) is 6.36. The van der Waals surface area contributed by atoms with Crippen LogP contribution in [0.25, 0.3) is 0 Å². The maximum Gasteiger partial charge on any atom is 0.222 e. The molecular weight excluding hydrogens is 344 g/mol. The lowest BCUT2D eigenvalue weighted by molar-refractivity contribution is -0.123. The van der Waals surface area contributed by atoms with Crippen LogP contribution in [0.5, 0.6) is 5.75 Å². The molecule has 0 unspecified atom stereocenters. The summed E-state index contributed by atoms with van der Waals surface area (Å²) in [7, 11) is 1.65. The Balaban J connectivity index is 2.50. The summed E-state index contributed by atoms with van der Waals surface area (Å²) in [6.45, 7) is 9.69. The van der Waals surface area contributed by atoms with Gasteiger partial charge in [0.2, 0.25) is 5.91 Å². The van der Waals surface area contributed by atoms with Crippen LogP contribution >= 0.6 is 0 Å². The van der Waals surface area contributed by atoms with E-state index in [0.29, 0.717) is 19.6 Å². The summed E-state index contributed by atoms with van der Waals surface area (Å²) in [6.07, 6.45) is 0.904. The molecule has 27 heavy (non-hydrogen) atoms. The van der Waals surface area contributed by atoms with Gasteiger partial charge in [-0.05, 0) is 31.0 Å². The fraction of sp³-hybridized carbons (Fsp3) is 0.600. The van der Waals surface area contributed by atoms with Crippen molar-refractivity contribution in [2.75, 3.05) is 40.0 Å². The highest BCUT2D eigenvalue weighted by Gasteiger charge is 2.05. The molecule has 0 saturated heterocycles. The summed E-state index contributed by atoms with van der Waals surface area (Å²) < 4.78 is 10.5. The molecule has 3 N–H and O–H groups in total. The average Bonchev–Trinajstić information content (AvgIpc) is 2.68. The predicted octanol–water partition coefficient (Wildman–Crippen LogP) is 1.93. The Labute approximate surface area is 162 Å². The van der Waals surface area contributed by atoms with E-state index >= 15 is 0 Å². The van der Waals surface area contributed by atoms with Crippen LogP contribution in [0.3, 0.4) is 0 Å². The third kappa shape index (κ3) is 10.5. The van der Waals surface area contributed by atoms with Crippen LogP contribution in [0.1, 0.15) is 32.8 Å². The van der Waals surface area contributed by atoms with E-state index in [2.05, 4.69) is 20.9 Å². The van der Waals surface area contributed by atoms with Gasteiger partial charge in [0.25, 0.3) is 0 Å². The van der Waals surface area contributed by atoms with Crippen molar-refractivity contribution in [3.63, 3.8) is 0 Å². The maximum atomic E-state index is 11.6. The van der Waals surface area contributed by atoms with Crippen LogP contribution in [0.4, 0.5) is 0 Å². The largest absolute Gasteiger partial charge is 0.497 e. The van der Waals surface area contributed by atoms with Gasteiger partial charge in [-0.1, -0.05) is 26.0 Å². The summed E-state index contributed by atoms with van der Waals surface area (Å²) in [5.74, 6) is 1.60. The summed E-state index contributed by atoms with van der Waals surface area (Å²) in [6, 6.07) is 7.85. The first-order valence-electron chi connectivity index (χ1n) is 9.57. The van der Waals surface area contributed by atoms with Gasteiger partial charge in [-0.15, -0.1) is 0 Å². The second-order valence-electron chi connectivity index (χ2n) is 6.36. The molecule has 0 radical (unpaired) electrons. The lowest BCUT2D eigenvalue weighted by Gasteiger charge is -2.14. The first-order chi connectivity index (χ1) is 13.1. The van der Waals surface area contributed by atoms with Crippen LogP contribution in [-0.2, 0) is 16.1 Å². The van der Waals surface area contributed by atoms with Crippen molar-refractivity contribution < 1.29 is 14.3 Å². The van der Waals surface area contributed by atoms with Crippen molar-refractivity contribution in [3.8, 4) is 5.75 Å². The topological polar surface area (TPSA) is 84.0 Å². The maximum absolute atomic E-state index is 11.6. The number of hydrogen-bond donors (Lipinski definition) is 3. The number of nitrogens with zero attached hydrogens (tertiary/aromatic N) is 1. The Hall–Kier alpha value is -2.28. The van der Waals surface area contributed by atoms with Crippen LogP contribution in [0.15, 0.2) is 29.3 Å². The van der Waals surface area contributed by atoms with Gasteiger partial charge in [-0.3, -0.25) is 4.79 Å². The molecule has 0 heterocycles. The van der Waals surface area contributed by atoms with Crippen molar-refractivity contribution in [1.29, 1.82) is 0 Å². The van der Waals surface area contributed by atoms with E-state index < -0.39 is 0 Å². The van der Waals surface area contributed by atoms with Crippen LogP contribution in [0, 0.1) is 5.92 Å². The molecule has 0 saturated carbocycles. The molecular formula is C20H34N4O3. The first kappa shape index (κ1) is 22.8. The third-order valence-electron chi connectivity index (χ3n) is 3.78. The fourth-order valence-electron chi connectivity index (χ4n) is 2.17. The van der Waals surface area contributed by atoms with E-state index in [1.54, 1.807) is 7.11 Å². The number of carbonyl (C=O) groups excluding carboxylic acids is 1. The third-order valence-corrected chi connectivity index (χ3v) is 3.78. The molecule has 0 aromatic heterocycles. The summed E-state index contributed by atoms with van der Waals surface area (Å²) >= 11 is 0. The summed E-state index contributed by atoms with van der Waals surface area (Å²) in [5.41, 5.74) is 1.10. The number of methoxy groups -OCH3 is 1. The Morgan fingerprint density at radius 1 is 1.07 bits per heavy atom. The van der Waals surface area contributed by atoms with E-state index in [9.17, 15) is 4.79 Å². The highest BCUT2D eigenvalue weighted by molar-refractivity contribution is 5.80. The van der Waals surface area contributed by atoms with Crippen molar-refractivity contribution in [1.82, 2.24) is 16.0 Å². The van der Waals surface area contributed by atoms with Gasteiger partial charge in [0.15, 0.2) is 5.96 Å². The van der Waals surface area contributed by atoms with E-state index in [4.69, 9.17) is 9.47 Å². The quantitative estimate of drug-likeness (QED) is 0.294. The fourth-order valence-corrected chi connectivity index (χ4v) is 2.17. The van der Waals surface area contributed by atoms with E-state index in [-0.39, 0.29) is 11.8 Å². The smallest absolute Gasteiger partial charge is 0.222 e. The summed E-state index contributed by atoms with van der Waals surface area (Å²) in [5, 5.41) is 9.45. The molecule has 1 amide bonds. The predicted molar refractivity (Wildman–Crippen MR) is 109 cm³/mol. The Kier molecular flexibility index (Phi) is 11.7. The van der Waals surface area contributed by atoms with Crippen LogP contribution in [0.2, 0.25) is 0 Å². The molecule has 0 aliphatic heterocycles. The lowest BCUT2D eigenvalue weighted by atomic mass is 10.2. The Morgan fingerprint density at radius 2 is 1.74 bits per heavy atom. The standard InChI is InChI=1S/C20H34N4O3/c1-5-27-14-6-11-22-20(23-13-12-21-19(25)16(2)3)24-15-17-7-9-18(26-4)10-8-17/h7-10,16H,5-6,11-15H2,1-4H3,(H,21,25)(H2,22,23,24). The average molecular weight is 379 g/mol. The number of hydrogen-bond acceptors (Lipinski definition) is 4. The number of rotatable bonds is 12. The van der Waals surface area contributed by atoms with Crippen molar-refractivity contribution in [3.05, 3.63) is 29.8 Å². The minimum absolute atomic E-state index is 0.00935. The van der Waals surface area contributed by atoms with E-state index in [1.807, 2.05) is 45.0 Å². The monoisotopic (exact) mass is 378 g/mol. The molecule has 0 bridgehead atoms. The normalized spacial score (nSPS) is 11.4. The number of ether oxygens (including phenoxy) is 2. The minimum Gasteiger partial charge on any atom is -0.497 e. The van der Waals surface area contributed by atoms with Gasteiger partial charge in [0.05, 0.1) is 13.7 Å². The van der Waals surface area contributed by atoms with E-state index in [1.165, 1.54) is 0 Å². The number of amides is 1. The number of benzene rings is 1. The lowest BCUT2D eigenvalue weighted by Crippen LogP contribution is -2.42. The SMILES string of the molecule is CCOCCCNC(=NCc1ccc(OC)cc1)NCCNC(=O)C(C)C. The van der Waals surface area contributed by atoms with Crippen LogP contribution in [-0.4, -0.2) is 51.8 Å². The number of carbonyl (C=O) groups is 1. The van der Waals surface area contributed by atoms with Gasteiger partial charge < -0.3 is 25.4 Å². The van der Waals surface area contributed by atoms with Gasteiger partial charge >= 0.3 is 0 Å². The summed E-state index contributed by atoms with van der Waals surface area (Å²) in [4.78, 5) is 16.2. The molecule has 0 aliphatic rings. The highest BCUT2D eigenvalue weighted by atomic mass is 16.5. The second kappa shape index (κ2) is 13.9. The molecule has 1 rings (SSSR count). The van der Waals surface area contributed by atoms with Crippen molar-refractivity contribution in [2.45, 2.75) is 33.7 Å². The molecule has 1 aromatic rings. The molecule has 1 aromatic carbocycles. The molecule has 152 valence electrons. The minimum atomic E-state index is -0.00935. The van der Waals surface area contributed by atoms with Gasteiger partial charge in [-0.2, -0.15) is 0 Å². The van der Waals surface area contributed by atoms with Crippen LogP contribution < -0.4 is 20.7 Å². The molecule has 0 spiro atoms. The number of guanidine groups is 1. The highest BCUT2D eigenvalue weighted by Crippen LogP contribution is 2.11. The van der Waals surface area contributed by atoms with Crippen molar-refractivity contribution in [2.24, 2.45) is 10.9 Å². The zero-order valence-electron chi connectivity index (χ0n) is 17.0. The van der Waals surface area contributed by atoms with Crippen molar-refractivity contribution >= 4 is 11.9 Å². The number of nitrogens with one attached hydrogen (secondary N) is 3. The zero-order chi connectivity index (χ0) is 19.9. The molecule has 0 fully saturated rings. The molecule has 0 atom stereocenters. The van der Waals surface area contributed by atoms with Gasteiger partial charge in [0, 0.05) is 38.8 Å². The number of aliphatic imine (C=N–C) groups is 1.